The van der Waals surface area contributed by atoms with Crippen molar-refractivity contribution < 1.29 is 19.4 Å². The van der Waals surface area contributed by atoms with E-state index >= 15 is 0 Å². The molecule has 1 N–H and O–H groups in total. The SMILES string of the molecule is C[C@H](OC(=O)c1cccc(O)c1)C(=O)N(C)Cc1ccccc1. The van der Waals surface area contributed by atoms with E-state index in [9.17, 15) is 14.7 Å². The van der Waals surface area contributed by atoms with Gasteiger partial charge in [0.1, 0.15) is 5.75 Å². The first-order valence-corrected chi connectivity index (χ1v) is 7.26. The van der Waals surface area contributed by atoms with Crippen molar-refractivity contribution in [1.29, 1.82) is 0 Å². The van der Waals surface area contributed by atoms with Crippen LogP contribution in [-0.4, -0.2) is 35.0 Å². The van der Waals surface area contributed by atoms with Gasteiger partial charge in [-0.2, -0.15) is 0 Å². The number of phenols is 1. The number of hydrogen-bond donors (Lipinski definition) is 1. The van der Waals surface area contributed by atoms with Crippen molar-refractivity contribution in [1.82, 2.24) is 4.90 Å². The number of esters is 1. The fourth-order valence-electron chi connectivity index (χ4n) is 2.16. The normalized spacial score (nSPS) is 11.6. The lowest BCUT2D eigenvalue weighted by Crippen LogP contribution is -2.37. The van der Waals surface area contributed by atoms with E-state index in [-0.39, 0.29) is 17.2 Å². The molecule has 2 aromatic rings. The van der Waals surface area contributed by atoms with Gasteiger partial charge in [0.15, 0.2) is 6.10 Å². The Balaban J connectivity index is 1.95. The van der Waals surface area contributed by atoms with Crippen LogP contribution in [-0.2, 0) is 16.1 Å². The highest BCUT2D eigenvalue weighted by molar-refractivity contribution is 5.92. The quantitative estimate of drug-likeness (QED) is 0.862. The standard InChI is InChI=1S/C18H19NO4/c1-13(23-18(22)15-9-6-10-16(20)11-15)17(21)19(2)12-14-7-4-3-5-8-14/h3-11,13,20H,12H2,1-2H3/t13-/m0/s1. The van der Waals surface area contributed by atoms with Crippen LogP contribution < -0.4 is 0 Å². The molecule has 23 heavy (non-hydrogen) atoms. The van der Waals surface area contributed by atoms with Gasteiger partial charge in [0.05, 0.1) is 5.56 Å². The molecular weight excluding hydrogens is 294 g/mol. The lowest BCUT2D eigenvalue weighted by atomic mass is 10.2. The second-order valence-corrected chi connectivity index (χ2v) is 5.28. The van der Waals surface area contributed by atoms with Gasteiger partial charge < -0.3 is 14.7 Å². The third-order valence-electron chi connectivity index (χ3n) is 3.35. The van der Waals surface area contributed by atoms with Crippen molar-refractivity contribution in [2.45, 2.75) is 19.6 Å². The van der Waals surface area contributed by atoms with Gasteiger partial charge in [-0.25, -0.2) is 4.79 Å². The highest BCUT2D eigenvalue weighted by atomic mass is 16.5. The smallest absolute Gasteiger partial charge is 0.339 e. The van der Waals surface area contributed by atoms with Crippen molar-refractivity contribution >= 4 is 11.9 Å². The molecule has 0 bridgehead atoms. The number of aromatic hydroxyl groups is 1. The monoisotopic (exact) mass is 313 g/mol. The Morgan fingerprint density at radius 1 is 1.13 bits per heavy atom. The Bertz CT molecular complexity index is 684. The van der Waals surface area contributed by atoms with Gasteiger partial charge in [-0.15, -0.1) is 0 Å². The van der Waals surface area contributed by atoms with E-state index in [0.717, 1.165) is 5.56 Å². The van der Waals surface area contributed by atoms with Crippen LogP contribution in [0.4, 0.5) is 0 Å². The average molecular weight is 313 g/mol. The first kappa shape index (κ1) is 16.5. The van der Waals surface area contributed by atoms with Crippen LogP contribution in [0.2, 0.25) is 0 Å². The molecule has 0 unspecified atom stereocenters. The highest BCUT2D eigenvalue weighted by Crippen LogP contribution is 2.13. The molecule has 120 valence electrons. The predicted octanol–water partition coefficient (Wildman–Crippen LogP) is 2.60. The second-order valence-electron chi connectivity index (χ2n) is 5.28. The second kappa shape index (κ2) is 7.45. The third kappa shape index (κ3) is 4.57. The number of benzene rings is 2. The molecule has 0 aliphatic rings. The highest BCUT2D eigenvalue weighted by Gasteiger charge is 2.22. The lowest BCUT2D eigenvalue weighted by molar-refractivity contribution is -0.139. The van der Waals surface area contributed by atoms with E-state index in [2.05, 4.69) is 0 Å². The summed E-state index contributed by atoms with van der Waals surface area (Å²) in [5.74, 6) is -0.961. The topological polar surface area (TPSA) is 66.8 Å². The maximum atomic E-state index is 12.3. The predicted molar refractivity (Wildman–Crippen MR) is 85.9 cm³/mol. The van der Waals surface area contributed by atoms with E-state index in [1.54, 1.807) is 13.1 Å². The summed E-state index contributed by atoms with van der Waals surface area (Å²) < 4.78 is 5.17. The molecule has 0 spiro atoms. The van der Waals surface area contributed by atoms with E-state index < -0.39 is 12.1 Å². The number of rotatable bonds is 5. The molecule has 2 rings (SSSR count). The number of nitrogens with zero attached hydrogens (tertiary/aromatic N) is 1. The molecule has 0 aromatic heterocycles. The number of carbonyl (C=O) groups is 2. The van der Waals surface area contributed by atoms with Crippen LogP contribution in [0, 0.1) is 0 Å². The van der Waals surface area contributed by atoms with Gasteiger partial charge in [-0.1, -0.05) is 36.4 Å². The number of hydrogen-bond acceptors (Lipinski definition) is 4. The number of carbonyl (C=O) groups excluding carboxylic acids is 2. The minimum atomic E-state index is -0.904. The van der Waals surface area contributed by atoms with E-state index in [1.165, 1.54) is 30.0 Å². The van der Waals surface area contributed by atoms with Crippen LogP contribution in [0.3, 0.4) is 0 Å². The molecule has 1 amide bonds. The van der Waals surface area contributed by atoms with Crippen LogP contribution in [0.5, 0.6) is 5.75 Å². The molecule has 0 radical (unpaired) electrons. The Hall–Kier alpha value is -2.82. The minimum Gasteiger partial charge on any atom is -0.508 e. The number of phenolic OH excluding ortho intramolecular Hbond substituents is 1. The first-order chi connectivity index (χ1) is 11.0. The fourth-order valence-corrected chi connectivity index (χ4v) is 2.16. The van der Waals surface area contributed by atoms with Gasteiger partial charge in [-0.05, 0) is 30.7 Å². The Labute approximate surface area is 135 Å². The molecule has 0 heterocycles. The summed E-state index contributed by atoms with van der Waals surface area (Å²) in [6.45, 7) is 1.97. The summed E-state index contributed by atoms with van der Waals surface area (Å²) in [5.41, 5.74) is 1.20. The van der Waals surface area contributed by atoms with Crippen molar-refractivity contribution in [3.05, 3.63) is 65.7 Å². The molecule has 0 saturated carbocycles. The summed E-state index contributed by atoms with van der Waals surface area (Å²) >= 11 is 0. The molecule has 0 saturated heterocycles. The maximum absolute atomic E-state index is 12.3. The molecule has 1 atom stereocenters. The van der Waals surface area contributed by atoms with Gasteiger partial charge in [0.25, 0.3) is 5.91 Å². The molecule has 5 heteroatoms. The van der Waals surface area contributed by atoms with Gasteiger partial charge in [0, 0.05) is 13.6 Å². The summed E-state index contributed by atoms with van der Waals surface area (Å²) in [6, 6.07) is 15.4. The molecule has 5 nitrogen and oxygen atoms in total. The Kier molecular flexibility index (Phi) is 5.36. The van der Waals surface area contributed by atoms with E-state index in [4.69, 9.17) is 4.74 Å². The summed E-state index contributed by atoms with van der Waals surface area (Å²) in [7, 11) is 1.66. The maximum Gasteiger partial charge on any atom is 0.339 e. The zero-order chi connectivity index (χ0) is 16.8. The zero-order valence-corrected chi connectivity index (χ0v) is 13.1. The summed E-state index contributed by atoms with van der Waals surface area (Å²) in [4.78, 5) is 25.8. The van der Waals surface area contributed by atoms with Crippen molar-refractivity contribution in [3.8, 4) is 5.75 Å². The van der Waals surface area contributed by atoms with Crippen molar-refractivity contribution in [3.63, 3.8) is 0 Å². The van der Waals surface area contributed by atoms with Crippen molar-refractivity contribution in [2.24, 2.45) is 0 Å². The van der Waals surface area contributed by atoms with Crippen LogP contribution >= 0.6 is 0 Å². The number of likely N-dealkylation sites (N-methyl/N-ethyl adjacent to an activating group) is 1. The Morgan fingerprint density at radius 2 is 1.83 bits per heavy atom. The van der Waals surface area contributed by atoms with Gasteiger partial charge in [0.2, 0.25) is 0 Å². The summed E-state index contributed by atoms with van der Waals surface area (Å²) in [5, 5.41) is 9.37. The molecule has 2 aromatic carbocycles. The largest absolute Gasteiger partial charge is 0.508 e. The molecule has 0 fully saturated rings. The number of amides is 1. The van der Waals surface area contributed by atoms with Crippen LogP contribution in [0.15, 0.2) is 54.6 Å². The van der Waals surface area contributed by atoms with E-state index in [1.807, 2.05) is 30.3 Å². The van der Waals surface area contributed by atoms with Crippen LogP contribution in [0.1, 0.15) is 22.8 Å². The lowest BCUT2D eigenvalue weighted by Gasteiger charge is -2.21. The minimum absolute atomic E-state index is 0.0281. The average Bonchev–Trinajstić information content (AvgIpc) is 2.54. The zero-order valence-electron chi connectivity index (χ0n) is 13.1. The molecule has 0 aliphatic carbocycles. The van der Waals surface area contributed by atoms with Crippen molar-refractivity contribution in [2.75, 3.05) is 7.05 Å². The van der Waals surface area contributed by atoms with E-state index in [0.29, 0.717) is 6.54 Å². The fraction of sp³-hybridized carbons (Fsp3) is 0.222. The molecule has 0 aliphatic heterocycles. The number of ether oxygens (including phenoxy) is 1. The summed E-state index contributed by atoms with van der Waals surface area (Å²) in [6.07, 6.45) is -0.904. The third-order valence-corrected chi connectivity index (χ3v) is 3.35. The first-order valence-electron chi connectivity index (χ1n) is 7.26. The molecular formula is C18H19NO4. The van der Waals surface area contributed by atoms with Gasteiger partial charge >= 0.3 is 5.97 Å². The Morgan fingerprint density at radius 3 is 2.48 bits per heavy atom. The van der Waals surface area contributed by atoms with Gasteiger partial charge in [-0.3, -0.25) is 4.79 Å². The van der Waals surface area contributed by atoms with Crippen LogP contribution in [0.25, 0.3) is 0 Å².